The second-order valence-electron chi connectivity index (χ2n) is 9.04. The molecule has 9 heteroatoms. The van der Waals surface area contributed by atoms with E-state index < -0.39 is 0 Å². The Labute approximate surface area is 244 Å². The monoisotopic (exact) mass is 617 g/mol. The highest BCUT2D eigenvalue weighted by Crippen LogP contribution is 2.28. The number of rotatable bonds is 7. The number of carbonyl (C=O) groups excluding carboxylic acids is 1. The maximum absolute atomic E-state index is 12.7. The Morgan fingerprint density at radius 1 is 1.03 bits per heavy atom. The smallest absolute Gasteiger partial charge is 0.271 e. The normalized spacial score (nSPS) is 11.2. The van der Waals surface area contributed by atoms with Gasteiger partial charge in [-0.3, -0.25) is 4.79 Å². The number of amides is 1. The van der Waals surface area contributed by atoms with Gasteiger partial charge in [-0.15, -0.1) is 11.3 Å². The zero-order valence-electron chi connectivity index (χ0n) is 21.5. The van der Waals surface area contributed by atoms with E-state index in [1.807, 2.05) is 48.7 Å². The van der Waals surface area contributed by atoms with Gasteiger partial charge < -0.3 is 9.88 Å². The minimum Gasteiger partial charge on any atom is -0.332 e. The highest BCUT2D eigenvalue weighted by molar-refractivity contribution is 9.10. The van der Waals surface area contributed by atoms with E-state index in [2.05, 4.69) is 79.4 Å². The van der Waals surface area contributed by atoms with Crippen LogP contribution in [-0.4, -0.2) is 21.7 Å². The number of benzene rings is 3. The van der Waals surface area contributed by atoms with Crippen LogP contribution in [0.2, 0.25) is 5.02 Å². The summed E-state index contributed by atoms with van der Waals surface area (Å²) in [4.78, 5) is 17.3. The minimum atomic E-state index is -0.279. The van der Waals surface area contributed by atoms with Crippen LogP contribution in [0.4, 0.5) is 10.8 Å². The van der Waals surface area contributed by atoms with Crippen molar-refractivity contribution in [3.63, 3.8) is 0 Å². The fourth-order valence-corrected chi connectivity index (χ4v) is 5.33. The molecule has 6 nitrogen and oxygen atoms in total. The predicted molar refractivity (Wildman–Crippen MR) is 165 cm³/mol. The average molecular weight is 619 g/mol. The van der Waals surface area contributed by atoms with Gasteiger partial charge in [-0.1, -0.05) is 39.7 Å². The van der Waals surface area contributed by atoms with E-state index in [0.717, 1.165) is 49.2 Å². The fourth-order valence-electron chi connectivity index (χ4n) is 4.22. The van der Waals surface area contributed by atoms with Crippen LogP contribution in [0.5, 0.6) is 0 Å². The Kier molecular flexibility index (Phi) is 7.97. The molecule has 0 unspecified atom stereocenters. The van der Waals surface area contributed by atoms with Crippen LogP contribution in [0.3, 0.4) is 0 Å². The summed E-state index contributed by atoms with van der Waals surface area (Å²) < 4.78 is 3.25. The number of carbonyl (C=O) groups is 1. The second-order valence-corrected chi connectivity index (χ2v) is 11.2. The van der Waals surface area contributed by atoms with Gasteiger partial charge in [-0.05, 0) is 87.0 Å². The molecule has 0 bridgehead atoms. The molecule has 196 valence electrons. The topological polar surface area (TPSA) is 71.3 Å². The number of thiazole rings is 1. The highest BCUT2D eigenvalue weighted by atomic mass is 79.9. The average Bonchev–Trinajstić information content (AvgIpc) is 3.50. The summed E-state index contributed by atoms with van der Waals surface area (Å²) in [6, 6.07) is 23.1. The lowest BCUT2D eigenvalue weighted by Crippen LogP contribution is -2.17. The molecule has 0 atom stereocenters. The van der Waals surface area contributed by atoms with Crippen molar-refractivity contribution in [1.82, 2.24) is 15.0 Å². The minimum absolute atomic E-state index is 0.279. The maximum atomic E-state index is 12.7. The van der Waals surface area contributed by atoms with Crippen molar-refractivity contribution >= 4 is 61.8 Å². The van der Waals surface area contributed by atoms with Crippen LogP contribution in [0, 0.1) is 20.8 Å². The molecule has 39 heavy (non-hydrogen) atoms. The van der Waals surface area contributed by atoms with Crippen molar-refractivity contribution in [2.45, 2.75) is 20.8 Å². The quantitative estimate of drug-likeness (QED) is 0.142. The molecule has 5 rings (SSSR count). The lowest BCUT2D eigenvalue weighted by molar-refractivity contribution is 0.0955. The molecule has 0 saturated heterocycles. The predicted octanol–water partition coefficient (Wildman–Crippen LogP) is 8.45. The van der Waals surface area contributed by atoms with Crippen LogP contribution < -0.4 is 10.7 Å². The van der Waals surface area contributed by atoms with Gasteiger partial charge in [0.25, 0.3) is 5.91 Å². The number of anilines is 2. The van der Waals surface area contributed by atoms with Gasteiger partial charge in [-0.2, -0.15) is 5.10 Å². The van der Waals surface area contributed by atoms with Crippen LogP contribution in [0.15, 0.2) is 87.8 Å². The van der Waals surface area contributed by atoms with Gasteiger partial charge in [0.2, 0.25) is 0 Å². The molecule has 1 amide bonds. The maximum Gasteiger partial charge on any atom is 0.271 e. The standard InChI is InChI=1S/C30H25BrClN5OS/c1-18-14-26(12-13-27(18)31)37-19(2)15-23(20(37)3)16-33-36-29(38)22-6-4-21(5-7-22)28-17-39-30(35-28)34-25-10-8-24(32)9-11-25/h4-17H,1-3H3,(H,34,35)(H,36,38)/b33-16-. The third-order valence-electron chi connectivity index (χ3n) is 6.28. The molecule has 0 aliphatic heterocycles. The van der Waals surface area contributed by atoms with Gasteiger partial charge in [0.15, 0.2) is 5.13 Å². The first-order chi connectivity index (χ1) is 18.8. The van der Waals surface area contributed by atoms with Gasteiger partial charge in [0.05, 0.1) is 11.9 Å². The Morgan fingerprint density at radius 3 is 2.49 bits per heavy atom. The Hall–Kier alpha value is -3.72. The van der Waals surface area contributed by atoms with Crippen molar-refractivity contribution < 1.29 is 4.79 Å². The summed E-state index contributed by atoms with van der Waals surface area (Å²) >= 11 is 11.0. The van der Waals surface area contributed by atoms with E-state index >= 15 is 0 Å². The Bertz CT molecular complexity index is 1670. The van der Waals surface area contributed by atoms with Gasteiger partial charge in [-0.25, -0.2) is 10.4 Å². The molecular formula is C30H25BrClN5OS. The zero-order valence-corrected chi connectivity index (χ0v) is 24.7. The molecule has 2 aromatic heterocycles. The first-order valence-corrected chi connectivity index (χ1v) is 14.2. The Morgan fingerprint density at radius 2 is 1.77 bits per heavy atom. The molecule has 2 N–H and O–H groups in total. The molecule has 3 aromatic carbocycles. The van der Waals surface area contributed by atoms with E-state index in [1.54, 1.807) is 18.3 Å². The number of aromatic nitrogens is 2. The fraction of sp³-hybridized carbons (Fsp3) is 0.100. The van der Waals surface area contributed by atoms with Crippen molar-refractivity contribution in [3.8, 4) is 16.9 Å². The summed E-state index contributed by atoms with van der Waals surface area (Å²) in [6.07, 6.45) is 1.68. The van der Waals surface area contributed by atoms with E-state index in [4.69, 9.17) is 11.6 Å². The van der Waals surface area contributed by atoms with Crippen LogP contribution in [0.25, 0.3) is 16.9 Å². The molecule has 0 fully saturated rings. The zero-order chi connectivity index (χ0) is 27.5. The number of nitrogens with one attached hydrogen (secondary N) is 2. The molecule has 0 aliphatic carbocycles. The number of hydrogen-bond donors (Lipinski definition) is 2. The van der Waals surface area contributed by atoms with Crippen LogP contribution in [-0.2, 0) is 0 Å². The largest absolute Gasteiger partial charge is 0.332 e. The van der Waals surface area contributed by atoms with Gasteiger partial charge >= 0.3 is 0 Å². The van der Waals surface area contributed by atoms with E-state index in [1.165, 1.54) is 16.9 Å². The summed E-state index contributed by atoms with van der Waals surface area (Å²) in [5.74, 6) is -0.279. The first-order valence-electron chi connectivity index (χ1n) is 12.2. The number of aryl methyl sites for hydroxylation is 2. The van der Waals surface area contributed by atoms with E-state index in [9.17, 15) is 4.79 Å². The molecule has 0 saturated carbocycles. The molecule has 0 aliphatic rings. The highest BCUT2D eigenvalue weighted by Gasteiger charge is 2.11. The SMILES string of the molecule is Cc1cc(-n2c(C)cc(/C=N\NC(=O)c3ccc(-c4csc(Nc5ccc(Cl)cc5)n4)cc3)c2C)ccc1Br. The van der Waals surface area contributed by atoms with Gasteiger partial charge in [0, 0.05) is 54.3 Å². The molecule has 2 heterocycles. The lowest BCUT2D eigenvalue weighted by atomic mass is 10.1. The van der Waals surface area contributed by atoms with Crippen molar-refractivity contribution in [2.75, 3.05) is 5.32 Å². The Balaban J connectivity index is 1.23. The molecular weight excluding hydrogens is 594 g/mol. The summed E-state index contributed by atoms with van der Waals surface area (Å²) in [6.45, 7) is 6.17. The van der Waals surface area contributed by atoms with Crippen molar-refractivity contribution in [3.05, 3.63) is 116 Å². The molecule has 0 radical (unpaired) electrons. The summed E-state index contributed by atoms with van der Waals surface area (Å²) in [5.41, 5.74) is 11.1. The third-order valence-corrected chi connectivity index (χ3v) is 8.18. The van der Waals surface area contributed by atoms with Crippen LogP contribution in [0.1, 0.15) is 32.9 Å². The van der Waals surface area contributed by atoms with E-state index in [0.29, 0.717) is 10.6 Å². The summed E-state index contributed by atoms with van der Waals surface area (Å²) in [5, 5.41) is 10.9. The van der Waals surface area contributed by atoms with Crippen molar-refractivity contribution in [2.24, 2.45) is 5.10 Å². The number of hydrazone groups is 1. The third kappa shape index (κ3) is 6.14. The van der Waals surface area contributed by atoms with E-state index in [-0.39, 0.29) is 5.91 Å². The lowest BCUT2D eigenvalue weighted by Gasteiger charge is -2.11. The van der Waals surface area contributed by atoms with Crippen LogP contribution >= 0.6 is 38.9 Å². The van der Waals surface area contributed by atoms with Gasteiger partial charge in [0.1, 0.15) is 0 Å². The summed E-state index contributed by atoms with van der Waals surface area (Å²) in [7, 11) is 0. The first kappa shape index (κ1) is 26.9. The molecule has 0 spiro atoms. The second kappa shape index (κ2) is 11.6. The van der Waals surface area contributed by atoms with Crippen molar-refractivity contribution in [1.29, 1.82) is 0 Å². The number of hydrogen-bond acceptors (Lipinski definition) is 5. The molecule has 5 aromatic rings. The number of halogens is 2. The number of nitrogens with zero attached hydrogens (tertiary/aromatic N) is 3.